The Labute approximate surface area is 101 Å². The zero-order chi connectivity index (χ0) is 12.8. The highest BCUT2D eigenvalue weighted by atomic mass is 16.2. The fourth-order valence-corrected chi connectivity index (χ4v) is 2.63. The Morgan fingerprint density at radius 3 is 2.12 bits per heavy atom. The molecule has 0 N–H and O–H groups in total. The first-order valence-corrected chi connectivity index (χ1v) is 5.74. The summed E-state index contributed by atoms with van der Waals surface area (Å²) < 4.78 is 0. The van der Waals surface area contributed by atoms with Crippen LogP contribution < -0.4 is 0 Å². The Hall–Kier alpha value is -1.64. The van der Waals surface area contributed by atoms with Crippen LogP contribution in [0.2, 0.25) is 0 Å². The molecular weight excluding hydrogens is 214 g/mol. The van der Waals surface area contributed by atoms with Crippen LogP contribution in [0.3, 0.4) is 0 Å². The lowest BCUT2D eigenvalue weighted by Crippen LogP contribution is -2.73. The summed E-state index contributed by atoms with van der Waals surface area (Å²) in [6.45, 7) is 7.17. The molecule has 0 unspecified atom stereocenters. The van der Waals surface area contributed by atoms with Gasteiger partial charge in [0.15, 0.2) is 0 Å². The molecule has 1 aliphatic heterocycles. The number of hydrogen-bond donors (Lipinski definition) is 0. The molecule has 1 fully saturated rings. The van der Waals surface area contributed by atoms with Crippen LogP contribution in [-0.4, -0.2) is 16.7 Å². The molecule has 17 heavy (non-hydrogen) atoms. The molecule has 1 heterocycles. The van der Waals surface area contributed by atoms with Gasteiger partial charge in [0.1, 0.15) is 0 Å². The molecule has 0 aliphatic carbocycles. The molecule has 0 bridgehead atoms. The molecule has 3 nitrogen and oxygen atoms in total. The second-order valence-corrected chi connectivity index (χ2v) is 5.22. The van der Waals surface area contributed by atoms with Crippen molar-refractivity contribution in [2.24, 2.45) is 5.41 Å². The number of rotatable bonds is 1. The molecule has 1 aromatic rings. The Morgan fingerprint density at radius 1 is 1.12 bits per heavy atom. The fraction of sp³-hybridized carbons (Fsp3) is 0.429. The molecule has 1 saturated heterocycles. The van der Waals surface area contributed by atoms with Crippen molar-refractivity contribution in [2.45, 2.75) is 33.2 Å². The van der Waals surface area contributed by atoms with Crippen LogP contribution in [0.4, 0.5) is 0 Å². The van der Waals surface area contributed by atoms with Gasteiger partial charge in [-0.25, -0.2) is 0 Å². The van der Waals surface area contributed by atoms with Crippen LogP contribution in [0, 0.1) is 5.41 Å². The van der Waals surface area contributed by atoms with E-state index in [4.69, 9.17) is 0 Å². The van der Waals surface area contributed by atoms with Crippen LogP contribution in [0.1, 0.15) is 33.3 Å². The highest BCUT2D eigenvalue weighted by molar-refractivity contribution is 6.04. The van der Waals surface area contributed by atoms with Crippen LogP contribution in [-0.2, 0) is 15.1 Å². The van der Waals surface area contributed by atoms with E-state index in [1.54, 1.807) is 0 Å². The number of benzene rings is 1. The van der Waals surface area contributed by atoms with E-state index in [1.807, 2.05) is 51.1 Å². The Kier molecular flexibility index (Phi) is 2.38. The Balaban J connectivity index is 2.55. The van der Waals surface area contributed by atoms with E-state index in [1.165, 1.54) is 11.8 Å². The van der Waals surface area contributed by atoms with Crippen LogP contribution in [0.25, 0.3) is 0 Å². The van der Waals surface area contributed by atoms with Gasteiger partial charge in [-0.2, -0.15) is 0 Å². The van der Waals surface area contributed by atoms with Crippen LogP contribution in [0.15, 0.2) is 30.3 Å². The highest BCUT2D eigenvalue weighted by Gasteiger charge is 2.65. The maximum atomic E-state index is 12.0. The number of β-lactam (4-membered cyclic amide) rings is 1. The summed E-state index contributed by atoms with van der Waals surface area (Å²) in [6, 6.07) is 9.71. The molecule has 90 valence electrons. The first-order chi connectivity index (χ1) is 7.83. The summed E-state index contributed by atoms with van der Waals surface area (Å²) in [5.41, 5.74) is -0.0863. The summed E-state index contributed by atoms with van der Waals surface area (Å²) in [5.74, 6) is -0.294. The third-order valence-corrected chi connectivity index (χ3v) is 4.05. The SMILES string of the molecule is CC(=O)N1C(=O)C(C)(C)[C@]1(C)c1ccccc1. The number of amides is 2. The first kappa shape index (κ1) is 11.8. The molecule has 0 spiro atoms. The van der Waals surface area contributed by atoms with Crippen LogP contribution in [0.5, 0.6) is 0 Å². The van der Waals surface area contributed by atoms with Gasteiger partial charge in [-0.15, -0.1) is 0 Å². The second kappa shape index (κ2) is 3.42. The number of carbonyl (C=O) groups is 2. The third-order valence-electron chi connectivity index (χ3n) is 4.05. The molecule has 2 amide bonds. The van der Waals surface area contributed by atoms with Gasteiger partial charge >= 0.3 is 0 Å². The summed E-state index contributed by atoms with van der Waals surface area (Å²) >= 11 is 0. The van der Waals surface area contributed by atoms with Crippen molar-refractivity contribution in [3.63, 3.8) is 0 Å². The lowest BCUT2D eigenvalue weighted by Gasteiger charge is -2.60. The lowest BCUT2D eigenvalue weighted by atomic mass is 9.60. The number of likely N-dealkylation sites (tertiary alicyclic amines) is 1. The molecule has 0 aromatic heterocycles. The summed E-state index contributed by atoms with van der Waals surface area (Å²) in [6.07, 6.45) is 0. The zero-order valence-electron chi connectivity index (χ0n) is 10.7. The number of nitrogens with zero attached hydrogens (tertiary/aromatic N) is 1. The van der Waals surface area contributed by atoms with Gasteiger partial charge in [0.2, 0.25) is 11.8 Å². The Bertz CT molecular complexity index is 478. The molecule has 0 saturated carbocycles. The van der Waals surface area contributed by atoms with E-state index in [0.29, 0.717) is 0 Å². The monoisotopic (exact) mass is 231 g/mol. The van der Waals surface area contributed by atoms with Gasteiger partial charge in [0.25, 0.3) is 0 Å². The molecule has 1 aliphatic rings. The van der Waals surface area contributed by atoms with E-state index in [2.05, 4.69) is 0 Å². The van der Waals surface area contributed by atoms with Crippen molar-refractivity contribution >= 4 is 11.8 Å². The minimum atomic E-state index is -0.544. The summed E-state index contributed by atoms with van der Waals surface area (Å²) in [5, 5.41) is 0. The fourth-order valence-electron chi connectivity index (χ4n) is 2.63. The number of hydrogen-bond acceptors (Lipinski definition) is 2. The van der Waals surface area contributed by atoms with Crippen molar-refractivity contribution in [1.29, 1.82) is 0 Å². The average Bonchev–Trinajstić information content (AvgIpc) is 2.29. The second-order valence-electron chi connectivity index (χ2n) is 5.22. The standard InChI is InChI=1S/C14H17NO2/c1-10(16)15-12(17)13(2,3)14(15,4)11-8-6-5-7-9-11/h5-9H,1-4H3/t14-/m0/s1. The minimum Gasteiger partial charge on any atom is -0.275 e. The number of imide groups is 1. The van der Waals surface area contributed by atoms with Gasteiger partial charge in [-0.3, -0.25) is 14.5 Å². The lowest BCUT2D eigenvalue weighted by molar-refractivity contribution is -0.192. The first-order valence-electron chi connectivity index (χ1n) is 5.74. The minimum absolute atomic E-state index is 0.101. The molecule has 0 radical (unpaired) electrons. The van der Waals surface area contributed by atoms with Gasteiger partial charge in [0.05, 0.1) is 11.0 Å². The summed E-state index contributed by atoms with van der Waals surface area (Å²) in [4.78, 5) is 25.0. The van der Waals surface area contributed by atoms with Crippen molar-refractivity contribution < 1.29 is 9.59 Å². The van der Waals surface area contributed by atoms with Gasteiger partial charge < -0.3 is 0 Å². The van der Waals surface area contributed by atoms with E-state index < -0.39 is 11.0 Å². The van der Waals surface area contributed by atoms with E-state index in [-0.39, 0.29) is 11.8 Å². The van der Waals surface area contributed by atoms with Crippen LogP contribution >= 0.6 is 0 Å². The zero-order valence-corrected chi connectivity index (χ0v) is 10.7. The van der Waals surface area contributed by atoms with Gasteiger partial charge in [-0.1, -0.05) is 30.3 Å². The smallest absolute Gasteiger partial charge is 0.238 e. The third kappa shape index (κ3) is 1.28. The van der Waals surface area contributed by atoms with Gasteiger partial charge in [0, 0.05) is 6.92 Å². The van der Waals surface area contributed by atoms with E-state index >= 15 is 0 Å². The predicted octanol–water partition coefficient (Wildman–Crippen LogP) is 2.32. The average molecular weight is 231 g/mol. The van der Waals surface area contributed by atoms with E-state index in [0.717, 1.165) is 5.56 Å². The predicted molar refractivity (Wildman–Crippen MR) is 65.1 cm³/mol. The molecule has 1 atom stereocenters. The number of carbonyl (C=O) groups excluding carboxylic acids is 2. The highest BCUT2D eigenvalue weighted by Crippen LogP contribution is 2.54. The van der Waals surface area contributed by atoms with Crippen molar-refractivity contribution in [2.75, 3.05) is 0 Å². The molecular formula is C14H17NO2. The largest absolute Gasteiger partial charge is 0.275 e. The normalized spacial score (nSPS) is 26.6. The van der Waals surface area contributed by atoms with Gasteiger partial charge in [-0.05, 0) is 26.3 Å². The van der Waals surface area contributed by atoms with E-state index in [9.17, 15) is 9.59 Å². The summed E-state index contributed by atoms with van der Waals surface area (Å²) in [7, 11) is 0. The van der Waals surface area contributed by atoms with Crippen molar-refractivity contribution in [1.82, 2.24) is 4.90 Å². The quantitative estimate of drug-likeness (QED) is 0.695. The molecule has 2 rings (SSSR count). The maximum Gasteiger partial charge on any atom is 0.238 e. The molecule has 1 aromatic carbocycles. The Morgan fingerprint density at radius 2 is 1.65 bits per heavy atom. The van der Waals surface area contributed by atoms with Crippen molar-refractivity contribution in [3.8, 4) is 0 Å². The molecule has 3 heteroatoms. The topological polar surface area (TPSA) is 37.4 Å². The van der Waals surface area contributed by atoms with Crippen molar-refractivity contribution in [3.05, 3.63) is 35.9 Å². The maximum absolute atomic E-state index is 12.0.